The lowest BCUT2D eigenvalue weighted by Gasteiger charge is -2.16. The lowest BCUT2D eigenvalue weighted by Crippen LogP contribution is -2.40. The quantitative estimate of drug-likeness (QED) is 0.865. The van der Waals surface area contributed by atoms with Crippen molar-refractivity contribution in [1.29, 1.82) is 0 Å². The van der Waals surface area contributed by atoms with Gasteiger partial charge in [0.05, 0.1) is 6.54 Å². The molecule has 4 nitrogen and oxygen atoms in total. The minimum atomic E-state index is -0.837. The number of hydrogen-bond donors (Lipinski definition) is 2. The third-order valence-corrected chi connectivity index (χ3v) is 2.48. The number of carboxylic acids is 1. The van der Waals surface area contributed by atoms with Gasteiger partial charge >= 0.3 is 5.97 Å². The molecule has 84 valence electrons. The maximum atomic E-state index is 10.9. The van der Waals surface area contributed by atoms with Crippen molar-refractivity contribution in [1.82, 2.24) is 5.32 Å². The second-order valence-electron chi connectivity index (χ2n) is 3.65. The highest BCUT2D eigenvalue weighted by Gasteiger charge is 2.20. The van der Waals surface area contributed by atoms with E-state index in [9.17, 15) is 4.79 Å². The summed E-state index contributed by atoms with van der Waals surface area (Å²) in [5, 5.41) is 11.9. The van der Waals surface area contributed by atoms with Gasteiger partial charge in [0.1, 0.15) is 11.8 Å². The molecule has 0 saturated heterocycles. The van der Waals surface area contributed by atoms with Gasteiger partial charge in [0, 0.05) is 0 Å². The SMILES string of the molecule is CC(C)[C@H](NCc1ccc(Br)o1)C(=O)O. The highest BCUT2D eigenvalue weighted by molar-refractivity contribution is 9.10. The van der Waals surface area contributed by atoms with E-state index in [0.717, 1.165) is 0 Å². The van der Waals surface area contributed by atoms with Crippen molar-refractivity contribution in [2.45, 2.75) is 26.4 Å². The molecular weight excluding hydrogens is 262 g/mol. The molecule has 0 bridgehead atoms. The molecule has 0 radical (unpaired) electrons. The van der Waals surface area contributed by atoms with Crippen LogP contribution < -0.4 is 5.32 Å². The molecule has 5 heteroatoms. The lowest BCUT2D eigenvalue weighted by molar-refractivity contribution is -0.140. The topological polar surface area (TPSA) is 62.5 Å². The summed E-state index contributed by atoms with van der Waals surface area (Å²) in [5.74, 6) is -0.0784. The van der Waals surface area contributed by atoms with Gasteiger partial charge in [-0.2, -0.15) is 0 Å². The van der Waals surface area contributed by atoms with Gasteiger partial charge in [-0.15, -0.1) is 0 Å². The van der Waals surface area contributed by atoms with E-state index < -0.39 is 12.0 Å². The monoisotopic (exact) mass is 275 g/mol. The zero-order valence-corrected chi connectivity index (χ0v) is 10.2. The second-order valence-corrected chi connectivity index (χ2v) is 4.43. The van der Waals surface area contributed by atoms with Crippen LogP contribution in [0.25, 0.3) is 0 Å². The summed E-state index contributed by atoms with van der Waals surface area (Å²) < 4.78 is 5.90. The zero-order valence-electron chi connectivity index (χ0n) is 8.66. The maximum Gasteiger partial charge on any atom is 0.320 e. The smallest absolute Gasteiger partial charge is 0.320 e. The minimum Gasteiger partial charge on any atom is -0.480 e. The molecule has 1 heterocycles. The number of hydrogen-bond acceptors (Lipinski definition) is 3. The number of nitrogens with one attached hydrogen (secondary N) is 1. The molecule has 1 aromatic heterocycles. The van der Waals surface area contributed by atoms with Crippen molar-refractivity contribution >= 4 is 21.9 Å². The molecule has 15 heavy (non-hydrogen) atoms. The highest BCUT2D eigenvalue weighted by atomic mass is 79.9. The molecular formula is C10H14BrNO3. The van der Waals surface area contributed by atoms with Crippen LogP contribution in [-0.2, 0) is 11.3 Å². The largest absolute Gasteiger partial charge is 0.480 e. The van der Waals surface area contributed by atoms with E-state index in [0.29, 0.717) is 17.0 Å². The van der Waals surface area contributed by atoms with Crippen molar-refractivity contribution in [3.05, 3.63) is 22.6 Å². The number of carboxylic acid groups (broad SMARTS) is 1. The Kier molecular flexibility index (Phi) is 4.35. The van der Waals surface area contributed by atoms with Crippen LogP contribution in [0.4, 0.5) is 0 Å². The Balaban J connectivity index is 2.50. The molecule has 0 aliphatic rings. The summed E-state index contributed by atoms with van der Waals surface area (Å²) >= 11 is 3.19. The standard InChI is InChI=1S/C10H14BrNO3/c1-6(2)9(10(13)14)12-5-7-3-4-8(11)15-7/h3-4,6,9,12H,5H2,1-2H3,(H,13,14)/t9-/m0/s1. The van der Waals surface area contributed by atoms with E-state index in [-0.39, 0.29) is 5.92 Å². The Morgan fingerprint density at radius 2 is 2.27 bits per heavy atom. The van der Waals surface area contributed by atoms with E-state index in [1.165, 1.54) is 0 Å². The molecule has 0 spiro atoms. The Bertz CT molecular complexity index is 335. The molecule has 0 saturated carbocycles. The van der Waals surface area contributed by atoms with Gasteiger partial charge < -0.3 is 9.52 Å². The predicted molar refractivity (Wildman–Crippen MR) is 59.5 cm³/mol. The molecule has 0 amide bonds. The molecule has 0 aliphatic heterocycles. The second kappa shape index (κ2) is 5.32. The van der Waals surface area contributed by atoms with Crippen LogP contribution in [0.3, 0.4) is 0 Å². The number of carbonyl (C=O) groups is 1. The third-order valence-electron chi connectivity index (χ3n) is 2.06. The van der Waals surface area contributed by atoms with Crippen LogP contribution in [0, 0.1) is 5.92 Å². The van der Waals surface area contributed by atoms with Gasteiger partial charge in [0.2, 0.25) is 0 Å². The van der Waals surface area contributed by atoms with Crippen molar-refractivity contribution in [3.63, 3.8) is 0 Å². The van der Waals surface area contributed by atoms with Crippen LogP contribution >= 0.6 is 15.9 Å². The van der Waals surface area contributed by atoms with Crippen LogP contribution in [-0.4, -0.2) is 17.1 Å². The van der Waals surface area contributed by atoms with Crippen molar-refractivity contribution in [3.8, 4) is 0 Å². The first-order valence-corrected chi connectivity index (χ1v) is 5.50. The number of aliphatic carboxylic acids is 1. The first kappa shape index (κ1) is 12.3. The Hall–Kier alpha value is -0.810. The molecule has 1 rings (SSSR count). The molecule has 2 N–H and O–H groups in total. The summed E-state index contributed by atoms with van der Waals surface area (Å²) in [7, 11) is 0. The number of rotatable bonds is 5. The van der Waals surface area contributed by atoms with Crippen LogP contribution in [0.5, 0.6) is 0 Å². The average Bonchev–Trinajstić information content (AvgIpc) is 2.50. The van der Waals surface area contributed by atoms with Crippen molar-refractivity contribution in [2.24, 2.45) is 5.92 Å². The molecule has 0 aliphatic carbocycles. The summed E-state index contributed by atoms with van der Waals surface area (Å²) in [6.45, 7) is 4.15. The fourth-order valence-electron chi connectivity index (χ4n) is 1.27. The van der Waals surface area contributed by atoms with Gasteiger partial charge in [-0.25, -0.2) is 0 Å². The number of furan rings is 1. The first-order valence-electron chi connectivity index (χ1n) is 4.71. The van der Waals surface area contributed by atoms with Crippen LogP contribution in [0.15, 0.2) is 21.2 Å². The van der Waals surface area contributed by atoms with E-state index in [1.54, 1.807) is 12.1 Å². The van der Waals surface area contributed by atoms with E-state index >= 15 is 0 Å². The fourth-order valence-corrected chi connectivity index (χ4v) is 1.61. The molecule has 0 unspecified atom stereocenters. The van der Waals surface area contributed by atoms with Crippen LogP contribution in [0.1, 0.15) is 19.6 Å². The van der Waals surface area contributed by atoms with Crippen LogP contribution in [0.2, 0.25) is 0 Å². The molecule has 0 fully saturated rings. The first-order chi connectivity index (χ1) is 7.00. The average molecular weight is 276 g/mol. The summed E-state index contributed by atoms with van der Waals surface area (Å²) in [5.41, 5.74) is 0. The lowest BCUT2D eigenvalue weighted by atomic mass is 10.1. The summed E-state index contributed by atoms with van der Waals surface area (Å²) in [4.78, 5) is 10.9. The number of halogens is 1. The molecule has 0 aromatic carbocycles. The predicted octanol–water partition coefficient (Wildman–Crippen LogP) is 2.24. The van der Waals surface area contributed by atoms with Gasteiger partial charge in [0.15, 0.2) is 4.67 Å². The fraction of sp³-hybridized carbons (Fsp3) is 0.500. The van der Waals surface area contributed by atoms with E-state index in [2.05, 4.69) is 21.2 Å². The van der Waals surface area contributed by atoms with E-state index in [4.69, 9.17) is 9.52 Å². The van der Waals surface area contributed by atoms with Crippen molar-refractivity contribution in [2.75, 3.05) is 0 Å². The summed E-state index contributed by atoms with van der Waals surface area (Å²) in [6.07, 6.45) is 0. The Morgan fingerprint density at radius 3 is 2.67 bits per heavy atom. The highest BCUT2D eigenvalue weighted by Crippen LogP contribution is 2.14. The molecule has 1 aromatic rings. The minimum absolute atomic E-state index is 0.0425. The normalized spacial score (nSPS) is 13.1. The van der Waals surface area contributed by atoms with E-state index in [1.807, 2.05) is 13.8 Å². The van der Waals surface area contributed by atoms with Gasteiger partial charge in [0.25, 0.3) is 0 Å². The third kappa shape index (κ3) is 3.68. The van der Waals surface area contributed by atoms with Crippen molar-refractivity contribution < 1.29 is 14.3 Å². The van der Waals surface area contributed by atoms with Gasteiger partial charge in [-0.1, -0.05) is 13.8 Å². The zero-order chi connectivity index (χ0) is 11.4. The molecule has 1 atom stereocenters. The van der Waals surface area contributed by atoms with Gasteiger partial charge in [-0.05, 0) is 34.0 Å². The Morgan fingerprint density at radius 1 is 1.60 bits per heavy atom. The Labute approximate surface area is 96.8 Å². The van der Waals surface area contributed by atoms with Gasteiger partial charge in [-0.3, -0.25) is 10.1 Å². The summed E-state index contributed by atoms with van der Waals surface area (Å²) in [6, 6.07) is 3.03. The maximum absolute atomic E-state index is 10.9.